The molecule has 1 aliphatic heterocycles. The monoisotopic (exact) mass is 553 g/mol. The van der Waals surface area contributed by atoms with Crippen LogP contribution in [0.25, 0.3) is 0 Å². The lowest BCUT2D eigenvalue weighted by Gasteiger charge is -2.32. The van der Waals surface area contributed by atoms with Crippen LogP contribution in [0.5, 0.6) is 0 Å². The van der Waals surface area contributed by atoms with Gasteiger partial charge in [-0.2, -0.15) is 0 Å². The van der Waals surface area contributed by atoms with Gasteiger partial charge in [-0.1, -0.05) is 48.5 Å². The first-order valence-corrected chi connectivity index (χ1v) is 13.8. The zero-order valence-corrected chi connectivity index (χ0v) is 23.2. The molecule has 2 aromatic rings. The second-order valence-electron chi connectivity index (χ2n) is 9.53. The summed E-state index contributed by atoms with van der Waals surface area (Å²) in [4.78, 5) is 52.1. The highest BCUT2D eigenvalue weighted by Crippen LogP contribution is 2.27. The van der Waals surface area contributed by atoms with Crippen LogP contribution < -0.4 is 15.5 Å². The molecule has 0 aromatic heterocycles. The Bertz CT molecular complexity index is 1130. The van der Waals surface area contributed by atoms with Crippen LogP contribution in [0.15, 0.2) is 54.6 Å². The molecule has 0 aliphatic carbocycles. The van der Waals surface area contributed by atoms with Gasteiger partial charge < -0.3 is 19.5 Å². The number of carbonyl (C=O) groups is 4. The van der Waals surface area contributed by atoms with Gasteiger partial charge in [0.2, 0.25) is 5.91 Å². The number of nitrogens with zero attached hydrogens (tertiary/aromatic N) is 1. The average Bonchev–Trinajstić information content (AvgIpc) is 2.97. The Morgan fingerprint density at radius 2 is 1.77 bits per heavy atom. The Kier molecular flexibility index (Phi) is 12.4. The van der Waals surface area contributed by atoms with E-state index in [0.29, 0.717) is 37.9 Å². The fraction of sp³-hybridized carbons (Fsp3) is 0.467. The van der Waals surface area contributed by atoms with Crippen LogP contribution in [0.2, 0.25) is 0 Å². The predicted molar refractivity (Wildman–Crippen MR) is 150 cm³/mol. The minimum absolute atomic E-state index is 0.189. The minimum Gasteiger partial charge on any atom is -0.468 e. The van der Waals surface area contributed by atoms with Crippen molar-refractivity contribution in [2.24, 2.45) is 0 Å². The van der Waals surface area contributed by atoms with Gasteiger partial charge in [0, 0.05) is 12.2 Å². The number of rotatable bonds is 13. The number of para-hydroxylation sites is 1. The number of nitrogens with one attached hydrogen (secondary N) is 2. The van der Waals surface area contributed by atoms with Crippen molar-refractivity contribution in [1.29, 1.82) is 0 Å². The fourth-order valence-electron chi connectivity index (χ4n) is 4.66. The SMILES string of the molecule is CCOC(=O)CN1C(=O)C(N[C@@H](CCCCNC(=O)OCc2ccccc2)C(=O)OC)CCCc2ccccc21. The van der Waals surface area contributed by atoms with Crippen molar-refractivity contribution in [2.45, 2.75) is 64.1 Å². The molecule has 2 amide bonds. The zero-order valence-electron chi connectivity index (χ0n) is 23.2. The maximum absolute atomic E-state index is 13.7. The molecule has 2 N–H and O–H groups in total. The summed E-state index contributed by atoms with van der Waals surface area (Å²) >= 11 is 0. The molecule has 40 heavy (non-hydrogen) atoms. The lowest BCUT2D eigenvalue weighted by Crippen LogP contribution is -2.54. The molecule has 0 radical (unpaired) electrons. The van der Waals surface area contributed by atoms with Crippen molar-refractivity contribution >= 4 is 29.6 Å². The van der Waals surface area contributed by atoms with E-state index >= 15 is 0 Å². The number of esters is 2. The van der Waals surface area contributed by atoms with Crippen molar-refractivity contribution in [3.05, 3.63) is 65.7 Å². The Morgan fingerprint density at radius 3 is 2.52 bits per heavy atom. The molecule has 0 fully saturated rings. The number of fused-ring (bicyclic) bond motifs is 1. The van der Waals surface area contributed by atoms with Gasteiger partial charge in [0.05, 0.1) is 19.8 Å². The van der Waals surface area contributed by atoms with Gasteiger partial charge in [-0.15, -0.1) is 0 Å². The van der Waals surface area contributed by atoms with Gasteiger partial charge in [0.1, 0.15) is 19.2 Å². The van der Waals surface area contributed by atoms with E-state index in [0.717, 1.165) is 24.0 Å². The van der Waals surface area contributed by atoms with Gasteiger partial charge in [0.15, 0.2) is 0 Å². The Balaban J connectivity index is 1.56. The highest BCUT2D eigenvalue weighted by molar-refractivity contribution is 6.01. The number of carbonyl (C=O) groups excluding carboxylic acids is 4. The molecule has 1 unspecified atom stereocenters. The topological polar surface area (TPSA) is 123 Å². The highest BCUT2D eigenvalue weighted by Gasteiger charge is 2.33. The number of anilines is 1. The van der Waals surface area contributed by atoms with Crippen LogP contribution in [0.4, 0.5) is 10.5 Å². The Hall–Kier alpha value is -3.92. The first kappa shape index (κ1) is 30.6. The predicted octanol–water partition coefficient (Wildman–Crippen LogP) is 3.52. The maximum Gasteiger partial charge on any atom is 0.407 e. The first-order valence-electron chi connectivity index (χ1n) is 13.8. The largest absolute Gasteiger partial charge is 0.468 e. The normalized spacial score (nSPS) is 15.7. The van der Waals surface area contributed by atoms with Crippen LogP contribution in [-0.4, -0.2) is 62.8 Å². The molecular weight excluding hydrogens is 514 g/mol. The number of unbranched alkanes of at least 4 members (excludes halogenated alkanes) is 1. The highest BCUT2D eigenvalue weighted by atomic mass is 16.5. The maximum atomic E-state index is 13.7. The molecule has 2 atom stereocenters. The minimum atomic E-state index is -0.719. The Labute approximate surface area is 235 Å². The Morgan fingerprint density at radius 1 is 1.02 bits per heavy atom. The van der Waals surface area contributed by atoms with Crippen LogP contribution >= 0.6 is 0 Å². The van der Waals surface area contributed by atoms with E-state index in [4.69, 9.17) is 14.2 Å². The van der Waals surface area contributed by atoms with E-state index in [-0.39, 0.29) is 25.7 Å². The standard InChI is InChI=1S/C30H39N3O7/c1-3-39-27(34)20-33-26-18-8-7-14-23(26)15-11-17-24(28(33)35)32-25(29(36)38-2)16-9-10-19-31-30(37)40-21-22-12-5-4-6-13-22/h4-8,12-14,18,24-25,32H,3,9-11,15-17,19-21H2,1-2H3,(H,31,37)/t24?,25-/m0/s1. The van der Waals surface area contributed by atoms with Crippen molar-refractivity contribution in [2.75, 3.05) is 31.7 Å². The molecule has 10 nitrogen and oxygen atoms in total. The smallest absolute Gasteiger partial charge is 0.407 e. The van der Waals surface area contributed by atoms with E-state index in [1.165, 1.54) is 12.0 Å². The second-order valence-corrected chi connectivity index (χ2v) is 9.53. The van der Waals surface area contributed by atoms with Gasteiger partial charge in [-0.3, -0.25) is 24.6 Å². The number of benzene rings is 2. The number of aryl methyl sites for hydroxylation is 1. The molecule has 10 heteroatoms. The van der Waals surface area contributed by atoms with E-state index in [1.54, 1.807) is 6.92 Å². The molecule has 0 saturated heterocycles. The van der Waals surface area contributed by atoms with Crippen molar-refractivity contribution in [1.82, 2.24) is 10.6 Å². The van der Waals surface area contributed by atoms with Crippen LogP contribution in [-0.2, 0) is 41.6 Å². The third-order valence-electron chi connectivity index (χ3n) is 6.67. The van der Waals surface area contributed by atoms with Crippen molar-refractivity contribution < 1.29 is 33.4 Å². The first-order chi connectivity index (χ1) is 19.4. The number of methoxy groups -OCH3 is 1. The van der Waals surface area contributed by atoms with Gasteiger partial charge in [-0.05, 0) is 62.6 Å². The molecule has 0 spiro atoms. The molecule has 0 saturated carbocycles. The van der Waals surface area contributed by atoms with Gasteiger partial charge in [-0.25, -0.2) is 4.79 Å². The summed E-state index contributed by atoms with van der Waals surface area (Å²) in [6, 6.07) is 15.5. The molecule has 1 heterocycles. The third kappa shape index (κ3) is 9.37. The van der Waals surface area contributed by atoms with Crippen LogP contribution in [0.1, 0.15) is 50.2 Å². The summed E-state index contributed by atoms with van der Waals surface area (Å²) in [6.07, 6.45) is 3.07. The van der Waals surface area contributed by atoms with Crippen LogP contribution in [0.3, 0.4) is 0 Å². The van der Waals surface area contributed by atoms with Crippen molar-refractivity contribution in [3.63, 3.8) is 0 Å². The molecule has 216 valence electrons. The summed E-state index contributed by atoms with van der Waals surface area (Å²) < 4.78 is 15.3. The zero-order chi connectivity index (χ0) is 28.7. The molecule has 2 aromatic carbocycles. The third-order valence-corrected chi connectivity index (χ3v) is 6.67. The average molecular weight is 554 g/mol. The van der Waals surface area contributed by atoms with Gasteiger partial charge >= 0.3 is 18.0 Å². The number of amides is 2. The summed E-state index contributed by atoms with van der Waals surface area (Å²) in [5, 5.41) is 5.91. The fourth-order valence-corrected chi connectivity index (χ4v) is 4.66. The molecule has 1 aliphatic rings. The molecule has 0 bridgehead atoms. The quantitative estimate of drug-likeness (QED) is 0.219. The van der Waals surface area contributed by atoms with E-state index in [1.807, 2.05) is 54.6 Å². The van der Waals surface area contributed by atoms with Gasteiger partial charge in [0.25, 0.3) is 0 Å². The lowest BCUT2D eigenvalue weighted by atomic mass is 9.97. The van der Waals surface area contributed by atoms with Crippen molar-refractivity contribution in [3.8, 4) is 0 Å². The number of hydrogen-bond donors (Lipinski definition) is 2. The summed E-state index contributed by atoms with van der Waals surface area (Å²) in [6.45, 7) is 2.29. The van der Waals surface area contributed by atoms with E-state index in [2.05, 4.69) is 10.6 Å². The number of alkyl carbamates (subject to hydrolysis) is 1. The van der Waals surface area contributed by atoms with E-state index in [9.17, 15) is 19.2 Å². The molecular formula is C30H39N3O7. The number of ether oxygens (including phenoxy) is 3. The van der Waals surface area contributed by atoms with Crippen LogP contribution in [0, 0.1) is 0 Å². The summed E-state index contributed by atoms with van der Waals surface area (Å²) in [7, 11) is 1.31. The lowest BCUT2D eigenvalue weighted by molar-refractivity contribution is -0.144. The summed E-state index contributed by atoms with van der Waals surface area (Å²) in [5.74, 6) is -1.26. The second kappa shape index (κ2) is 16.2. The molecule has 3 rings (SSSR count). The summed E-state index contributed by atoms with van der Waals surface area (Å²) in [5.41, 5.74) is 2.56. The van der Waals surface area contributed by atoms with E-state index < -0.39 is 30.1 Å². The number of hydrogen-bond acceptors (Lipinski definition) is 8.